The van der Waals surface area contributed by atoms with Crippen LogP contribution in [0, 0.1) is 0 Å². The minimum Gasteiger partial charge on any atom is -0.368 e. The van der Waals surface area contributed by atoms with Crippen LogP contribution in [0.3, 0.4) is 0 Å². The summed E-state index contributed by atoms with van der Waals surface area (Å²) in [6.07, 6.45) is 5.57. The number of nitrogens with one attached hydrogen (secondary N) is 1. The predicted octanol–water partition coefficient (Wildman–Crippen LogP) is 0.177. The molecule has 1 amide bonds. The van der Waals surface area contributed by atoms with Crippen LogP contribution in [-0.2, 0) is 10.3 Å². The number of hydrogen-bond donors (Lipinski definition) is 2. The lowest BCUT2D eigenvalue weighted by atomic mass is 9.97. The monoisotopic (exact) mass is 208 g/mol. The predicted molar refractivity (Wildman–Crippen MR) is 56.9 cm³/mol. The summed E-state index contributed by atoms with van der Waals surface area (Å²) in [4.78, 5) is 19.4. The molecule has 5 nitrogen and oxygen atoms in total. The summed E-state index contributed by atoms with van der Waals surface area (Å²) in [7, 11) is 0. The van der Waals surface area contributed by atoms with Gasteiger partial charge in [0.1, 0.15) is 5.54 Å². The molecule has 1 rings (SSSR count). The number of nitrogens with zero attached hydrogens (tertiary/aromatic N) is 2. The first-order valence-electron chi connectivity index (χ1n) is 4.92. The minimum absolute atomic E-state index is 0.448. The molecule has 5 heteroatoms. The van der Waals surface area contributed by atoms with Crippen LogP contribution in [0.2, 0.25) is 0 Å². The summed E-state index contributed by atoms with van der Waals surface area (Å²) in [5, 5.41) is 3.08. The highest BCUT2D eigenvalue weighted by Crippen LogP contribution is 2.16. The zero-order chi connectivity index (χ0) is 11.3. The van der Waals surface area contributed by atoms with Gasteiger partial charge < -0.3 is 5.73 Å². The SMILES string of the molecule is CCCNC(C)(C(N)=O)c1cnccn1. The van der Waals surface area contributed by atoms with Gasteiger partial charge >= 0.3 is 0 Å². The fourth-order valence-electron chi connectivity index (χ4n) is 1.24. The van der Waals surface area contributed by atoms with Crippen molar-refractivity contribution in [1.82, 2.24) is 15.3 Å². The van der Waals surface area contributed by atoms with Crippen LogP contribution in [0.25, 0.3) is 0 Å². The van der Waals surface area contributed by atoms with E-state index in [4.69, 9.17) is 5.73 Å². The molecule has 1 heterocycles. The Morgan fingerprint density at radius 1 is 1.60 bits per heavy atom. The highest BCUT2D eigenvalue weighted by molar-refractivity contribution is 5.85. The van der Waals surface area contributed by atoms with Crippen LogP contribution in [0.1, 0.15) is 26.0 Å². The van der Waals surface area contributed by atoms with E-state index in [1.54, 1.807) is 25.5 Å². The van der Waals surface area contributed by atoms with Gasteiger partial charge in [0.25, 0.3) is 0 Å². The normalized spacial score (nSPS) is 14.5. The Kier molecular flexibility index (Phi) is 3.74. The van der Waals surface area contributed by atoms with Crippen molar-refractivity contribution >= 4 is 5.91 Å². The Bertz CT molecular complexity index is 327. The lowest BCUT2D eigenvalue weighted by molar-refractivity contribution is -0.124. The number of aromatic nitrogens is 2. The summed E-state index contributed by atoms with van der Waals surface area (Å²) in [5.74, 6) is -0.448. The van der Waals surface area contributed by atoms with E-state index < -0.39 is 11.4 Å². The van der Waals surface area contributed by atoms with Gasteiger partial charge in [-0.05, 0) is 19.9 Å². The Morgan fingerprint density at radius 2 is 2.33 bits per heavy atom. The molecule has 1 aromatic rings. The molecule has 1 unspecified atom stereocenters. The van der Waals surface area contributed by atoms with Crippen LogP contribution in [0.5, 0.6) is 0 Å². The van der Waals surface area contributed by atoms with E-state index in [0.717, 1.165) is 6.42 Å². The van der Waals surface area contributed by atoms with Crippen LogP contribution in [-0.4, -0.2) is 22.4 Å². The fraction of sp³-hybridized carbons (Fsp3) is 0.500. The van der Waals surface area contributed by atoms with Crippen LogP contribution in [0.15, 0.2) is 18.6 Å². The summed E-state index contributed by atoms with van der Waals surface area (Å²) >= 11 is 0. The van der Waals surface area contributed by atoms with E-state index in [-0.39, 0.29) is 0 Å². The average Bonchev–Trinajstić information content (AvgIpc) is 2.27. The maximum atomic E-state index is 11.4. The average molecular weight is 208 g/mol. The Labute approximate surface area is 89.1 Å². The zero-order valence-corrected chi connectivity index (χ0v) is 9.03. The Balaban J connectivity index is 2.96. The molecule has 15 heavy (non-hydrogen) atoms. The summed E-state index contributed by atoms with van der Waals surface area (Å²) in [6, 6.07) is 0. The zero-order valence-electron chi connectivity index (χ0n) is 9.03. The third-order valence-electron chi connectivity index (χ3n) is 2.30. The molecule has 0 aliphatic heterocycles. The third kappa shape index (κ3) is 2.50. The van der Waals surface area contributed by atoms with E-state index in [9.17, 15) is 4.79 Å². The lowest BCUT2D eigenvalue weighted by Crippen LogP contribution is -2.51. The van der Waals surface area contributed by atoms with Crippen LogP contribution < -0.4 is 11.1 Å². The first kappa shape index (κ1) is 11.6. The molecule has 0 bridgehead atoms. The number of nitrogens with two attached hydrogens (primary N) is 1. The fourth-order valence-corrected chi connectivity index (χ4v) is 1.24. The quantitative estimate of drug-likeness (QED) is 0.723. The molecule has 0 aliphatic carbocycles. The summed E-state index contributed by atoms with van der Waals surface area (Å²) in [6.45, 7) is 4.44. The number of hydrogen-bond acceptors (Lipinski definition) is 4. The number of rotatable bonds is 5. The number of amides is 1. The van der Waals surface area contributed by atoms with Crippen molar-refractivity contribution in [2.75, 3.05) is 6.54 Å². The summed E-state index contributed by atoms with van der Waals surface area (Å²) < 4.78 is 0. The van der Waals surface area contributed by atoms with Gasteiger partial charge in [-0.1, -0.05) is 6.92 Å². The third-order valence-corrected chi connectivity index (χ3v) is 2.30. The molecule has 0 saturated carbocycles. The minimum atomic E-state index is -0.940. The van der Waals surface area contributed by atoms with Crippen LogP contribution >= 0.6 is 0 Å². The largest absolute Gasteiger partial charge is 0.368 e. The van der Waals surface area contributed by atoms with E-state index >= 15 is 0 Å². The lowest BCUT2D eigenvalue weighted by Gasteiger charge is -2.26. The van der Waals surface area contributed by atoms with Gasteiger partial charge in [-0.2, -0.15) is 0 Å². The maximum Gasteiger partial charge on any atom is 0.243 e. The topological polar surface area (TPSA) is 80.9 Å². The molecule has 0 spiro atoms. The van der Waals surface area contributed by atoms with E-state index in [0.29, 0.717) is 12.2 Å². The second kappa shape index (κ2) is 4.84. The van der Waals surface area contributed by atoms with E-state index in [1.165, 1.54) is 0 Å². The summed E-state index contributed by atoms with van der Waals surface area (Å²) in [5.41, 5.74) is 4.98. The number of carbonyl (C=O) groups is 1. The van der Waals surface area contributed by atoms with Gasteiger partial charge in [-0.15, -0.1) is 0 Å². The van der Waals surface area contributed by atoms with Crippen molar-refractivity contribution < 1.29 is 4.79 Å². The molecule has 3 N–H and O–H groups in total. The maximum absolute atomic E-state index is 11.4. The smallest absolute Gasteiger partial charge is 0.243 e. The molecule has 0 aromatic carbocycles. The molecule has 1 atom stereocenters. The Hall–Kier alpha value is -1.49. The first-order chi connectivity index (χ1) is 7.11. The molecule has 0 saturated heterocycles. The van der Waals surface area contributed by atoms with Gasteiger partial charge in [-0.3, -0.25) is 20.1 Å². The highest BCUT2D eigenvalue weighted by atomic mass is 16.1. The molecule has 0 radical (unpaired) electrons. The van der Waals surface area contributed by atoms with Crippen molar-refractivity contribution in [3.63, 3.8) is 0 Å². The molecule has 1 aromatic heterocycles. The molecule has 0 fully saturated rings. The van der Waals surface area contributed by atoms with Gasteiger partial charge in [0.05, 0.1) is 11.9 Å². The first-order valence-corrected chi connectivity index (χ1v) is 4.92. The number of primary amides is 1. The molecule has 82 valence electrons. The van der Waals surface area contributed by atoms with Crippen molar-refractivity contribution in [3.05, 3.63) is 24.3 Å². The highest BCUT2D eigenvalue weighted by Gasteiger charge is 2.33. The van der Waals surface area contributed by atoms with Gasteiger partial charge in [0.2, 0.25) is 5.91 Å². The van der Waals surface area contributed by atoms with Gasteiger partial charge in [0, 0.05) is 12.4 Å². The van der Waals surface area contributed by atoms with Gasteiger partial charge in [0.15, 0.2) is 0 Å². The molecular formula is C10H16N4O. The van der Waals surface area contributed by atoms with Crippen molar-refractivity contribution in [3.8, 4) is 0 Å². The van der Waals surface area contributed by atoms with E-state index in [1.807, 2.05) is 6.92 Å². The Morgan fingerprint density at radius 3 is 2.80 bits per heavy atom. The van der Waals surface area contributed by atoms with Crippen molar-refractivity contribution in [2.45, 2.75) is 25.8 Å². The van der Waals surface area contributed by atoms with Crippen molar-refractivity contribution in [2.24, 2.45) is 5.73 Å². The standard InChI is InChI=1S/C10H16N4O/c1-3-4-14-10(2,9(11)15)8-7-12-5-6-13-8/h5-7,14H,3-4H2,1-2H3,(H2,11,15). The second-order valence-electron chi connectivity index (χ2n) is 3.51. The second-order valence-corrected chi connectivity index (χ2v) is 3.51. The van der Waals surface area contributed by atoms with Crippen molar-refractivity contribution in [1.29, 1.82) is 0 Å². The van der Waals surface area contributed by atoms with Crippen LogP contribution in [0.4, 0.5) is 0 Å². The molecular weight excluding hydrogens is 192 g/mol. The van der Waals surface area contributed by atoms with Gasteiger partial charge in [-0.25, -0.2) is 0 Å². The number of carbonyl (C=O) groups excluding carboxylic acids is 1. The van der Waals surface area contributed by atoms with E-state index in [2.05, 4.69) is 15.3 Å². The molecule has 0 aliphatic rings.